The van der Waals surface area contributed by atoms with Crippen LogP contribution in [0.1, 0.15) is 57.9 Å². The minimum atomic E-state index is -0.0456. The van der Waals surface area contributed by atoms with Crippen LogP contribution in [0, 0.1) is 0 Å². The lowest BCUT2D eigenvalue weighted by Crippen LogP contribution is -2.28. The molecule has 0 bridgehead atoms. The van der Waals surface area contributed by atoms with Crippen molar-refractivity contribution in [2.24, 2.45) is 0 Å². The van der Waals surface area contributed by atoms with E-state index in [0.29, 0.717) is 12.4 Å². The predicted octanol–water partition coefficient (Wildman–Crippen LogP) is 2.20. The van der Waals surface area contributed by atoms with Crippen LogP contribution in [0.15, 0.2) is 4.52 Å². The van der Waals surface area contributed by atoms with Crippen molar-refractivity contribution in [2.75, 3.05) is 19.7 Å². The Balaban J connectivity index is 2.18. The molecule has 1 aliphatic rings. The average molecular weight is 253 g/mol. The number of hydrogen-bond donors (Lipinski definition) is 1. The Kier molecular flexibility index (Phi) is 4.35. The van der Waals surface area contributed by atoms with Gasteiger partial charge in [-0.05, 0) is 32.7 Å². The van der Waals surface area contributed by atoms with E-state index in [9.17, 15) is 0 Å². The van der Waals surface area contributed by atoms with Gasteiger partial charge in [-0.3, -0.25) is 0 Å². The van der Waals surface area contributed by atoms with Gasteiger partial charge in [-0.1, -0.05) is 19.0 Å². The Morgan fingerprint density at radius 1 is 1.44 bits per heavy atom. The average Bonchev–Trinajstić information content (AvgIpc) is 3.04. The van der Waals surface area contributed by atoms with E-state index < -0.39 is 0 Å². The third kappa shape index (κ3) is 2.42. The maximum atomic E-state index is 5.62. The molecule has 2 heterocycles. The quantitative estimate of drug-likeness (QED) is 0.842. The smallest absolute Gasteiger partial charge is 0.234 e. The molecular formula is C13H23N3O2. The van der Waals surface area contributed by atoms with E-state index >= 15 is 0 Å². The fraction of sp³-hybridized carbons (Fsp3) is 0.846. The zero-order chi connectivity index (χ0) is 13.0. The van der Waals surface area contributed by atoms with E-state index in [-0.39, 0.29) is 11.5 Å². The first-order valence-corrected chi connectivity index (χ1v) is 6.92. The summed E-state index contributed by atoms with van der Waals surface area (Å²) in [7, 11) is 0. The van der Waals surface area contributed by atoms with Crippen LogP contribution in [-0.4, -0.2) is 29.8 Å². The van der Waals surface area contributed by atoms with Gasteiger partial charge in [0.15, 0.2) is 0 Å². The molecule has 1 aromatic rings. The van der Waals surface area contributed by atoms with E-state index in [1.165, 1.54) is 0 Å². The standard InChI is InChI=1S/C13H23N3O2/c1-4-10(17-6-3)11-15-12(18-16-11)13(5-2)7-8-14-9-13/h10,14H,4-9H2,1-3H3. The van der Waals surface area contributed by atoms with Gasteiger partial charge < -0.3 is 14.6 Å². The Labute approximate surface area is 108 Å². The van der Waals surface area contributed by atoms with Crippen LogP contribution in [0.25, 0.3) is 0 Å². The number of rotatable bonds is 6. The van der Waals surface area contributed by atoms with Crippen LogP contribution in [0.2, 0.25) is 0 Å². The lowest BCUT2D eigenvalue weighted by Gasteiger charge is -2.21. The number of nitrogens with zero attached hydrogens (tertiary/aromatic N) is 2. The highest BCUT2D eigenvalue weighted by Crippen LogP contribution is 2.33. The summed E-state index contributed by atoms with van der Waals surface area (Å²) >= 11 is 0. The van der Waals surface area contributed by atoms with Crippen molar-refractivity contribution in [3.63, 3.8) is 0 Å². The van der Waals surface area contributed by atoms with Crippen molar-refractivity contribution in [1.82, 2.24) is 15.5 Å². The van der Waals surface area contributed by atoms with Gasteiger partial charge in [-0.2, -0.15) is 4.98 Å². The highest BCUT2D eigenvalue weighted by Gasteiger charge is 2.39. The van der Waals surface area contributed by atoms with Gasteiger partial charge >= 0.3 is 0 Å². The van der Waals surface area contributed by atoms with Crippen molar-refractivity contribution in [1.29, 1.82) is 0 Å². The largest absolute Gasteiger partial charge is 0.370 e. The van der Waals surface area contributed by atoms with E-state index in [1.54, 1.807) is 0 Å². The molecule has 0 saturated carbocycles. The zero-order valence-corrected chi connectivity index (χ0v) is 11.5. The monoisotopic (exact) mass is 253 g/mol. The summed E-state index contributed by atoms with van der Waals surface area (Å²) in [6.07, 6.45) is 2.91. The van der Waals surface area contributed by atoms with Gasteiger partial charge in [-0.15, -0.1) is 0 Å². The maximum absolute atomic E-state index is 5.62. The first-order chi connectivity index (χ1) is 8.75. The third-order valence-corrected chi connectivity index (χ3v) is 3.84. The second kappa shape index (κ2) is 5.80. The first-order valence-electron chi connectivity index (χ1n) is 6.92. The molecule has 1 aliphatic heterocycles. The maximum Gasteiger partial charge on any atom is 0.234 e. The van der Waals surface area contributed by atoms with Gasteiger partial charge in [-0.25, -0.2) is 0 Å². The van der Waals surface area contributed by atoms with Gasteiger partial charge in [0.2, 0.25) is 11.7 Å². The number of ether oxygens (including phenoxy) is 1. The molecule has 0 aromatic carbocycles. The molecule has 2 rings (SSSR count). The van der Waals surface area contributed by atoms with Crippen LogP contribution >= 0.6 is 0 Å². The van der Waals surface area contributed by atoms with Crippen molar-refractivity contribution in [3.05, 3.63) is 11.7 Å². The van der Waals surface area contributed by atoms with Crippen LogP contribution in [-0.2, 0) is 10.2 Å². The molecule has 1 aromatic heterocycles. The molecule has 18 heavy (non-hydrogen) atoms. The van der Waals surface area contributed by atoms with Crippen molar-refractivity contribution in [3.8, 4) is 0 Å². The lowest BCUT2D eigenvalue weighted by atomic mass is 9.84. The highest BCUT2D eigenvalue weighted by atomic mass is 16.5. The molecule has 0 aliphatic carbocycles. The summed E-state index contributed by atoms with van der Waals surface area (Å²) < 4.78 is 11.1. The van der Waals surface area contributed by atoms with Crippen LogP contribution < -0.4 is 5.32 Å². The van der Waals surface area contributed by atoms with Crippen molar-refractivity contribution < 1.29 is 9.26 Å². The van der Waals surface area contributed by atoms with E-state index in [4.69, 9.17) is 9.26 Å². The molecule has 1 saturated heterocycles. The predicted molar refractivity (Wildman–Crippen MR) is 68.4 cm³/mol. The lowest BCUT2D eigenvalue weighted by molar-refractivity contribution is 0.0518. The molecular weight excluding hydrogens is 230 g/mol. The number of hydrogen-bond acceptors (Lipinski definition) is 5. The molecule has 102 valence electrons. The molecule has 2 unspecified atom stereocenters. The normalized spacial score (nSPS) is 25.5. The summed E-state index contributed by atoms with van der Waals surface area (Å²) in [5.41, 5.74) is 0.0236. The van der Waals surface area contributed by atoms with Gasteiger partial charge in [0.1, 0.15) is 6.10 Å². The minimum Gasteiger partial charge on any atom is -0.370 e. The van der Waals surface area contributed by atoms with Crippen LogP contribution in [0.5, 0.6) is 0 Å². The Morgan fingerprint density at radius 2 is 2.28 bits per heavy atom. The van der Waals surface area contributed by atoms with Crippen molar-refractivity contribution in [2.45, 2.75) is 51.6 Å². The summed E-state index contributed by atoms with van der Waals surface area (Å²) in [5.74, 6) is 1.46. The van der Waals surface area contributed by atoms with E-state index in [2.05, 4.69) is 29.3 Å². The first kappa shape index (κ1) is 13.5. The summed E-state index contributed by atoms with van der Waals surface area (Å²) in [6, 6.07) is 0. The number of aromatic nitrogens is 2. The molecule has 5 nitrogen and oxygen atoms in total. The molecule has 0 amide bonds. The molecule has 0 radical (unpaired) electrons. The second-order valence-corrected chi connectivity index (χ2v) is 4.87. The summed E-state index contributed by atoms with van der Waals surface area (Å²) in [5, 5.41) is 7.49. The Morgan fingerprint density at radius 3 is 2.83 bits per heavy atom. The summed E-state index contributed by atoms with van der Waals surface area (Å²) in [4.78, 5) is 4.58. The molecule has 0 spiro atoms. The van der Waals surface area contributed by atoms with E-state index in [1.807, 2.05) is 6.92 Å². The minimum absolute atomic E-state index is 0.0236. The van der Waals surface area contributed by atoms with Crippen molar-refractivity contribution >= 4 is 0 Å². The molecule has 1 fully saturated rings. The SMILES string of the molecule is CCOC(CC)c1noc(C2(CC)CCNC2)n1. The van der Waals surface area contributed by atoms with E-state index in [0.717, 1.165) is 38.2 Å². The fourth-order valence-electron chi connectivity index (χ4n) is 2.54. The van der Waals surface area contributed by atoms with Crippen LogP contribution in [0.4, 0.5) is 0 Å². The zero-order valence-electron chi connectivity index (χ0n) is 11.5. The van der Waals surface area contributed by atoms with Crippen LogP contribution in [0.3, 0.4) is 0 Å². The highest BCUT2D eigenvalue weighted by molar-refractivity contribution is 5.10. The van der Waals surface area contributed by atoms with Gasteiger partial charge in [0.05, 0.1) is 5.41 Å². The molecule has 1 N–H and O–H groups in total. The summed E-state index contributed by atoms with van der Waals surface area (Å²) in [6.45, 7) is 8.85. The third-order valence-electron chi connectivity index (χ3n) is 3.84. The number of nitrogens with one attached hydrogen (secondary N) is 1. The van der Waals surface area contributed by atoms with Gasteiger partial charge in [0, 0.05) is 13.2 Å². The van der Waals surface area contributed by atoms with Gasteiger partial charge in [0.25, 0.3) is 0 Å². The molecule has 2 atom stereocenters. The topological polar surface area (TPSA) is 60.2 Å². The fourth-order valence-corrected chi connectivity index (χ4v) is 2.54. The Hall–Kier alpha value is -0.940. The molecule has 5 heteroatoms. The second-order valence-electron chi connectivity index (χ2n) is 4.87. The Bertz CT molecular complexity index is 372.